The summed E-state index contributed by atoms with van der Waals surface area (Å²) in [5, 5.41) is 0. The van der Waals surface area contributed by atoms with Crippen LogP contribution in [-0.2, 0) is 27.6 Å². The highest BCUT2D eigenvalue weighted by Crippen LogP contribution is 2.35. The number of ether oxygens (including phenoxy) is 2. The molecule has 0 aromatic carbocycles. The maximum absolute atomic E-state index is 6.59. The van der Waals surface area contributed by atoms with Crippen LogP contribution in [0.1, 0.15) is 19.8 Å². The van der Waals surface area contributed by atoms with E-state index in [0.29, 0.717) is 6.61 Å². The van der Waals surface area contributed by atoms with E-state index >= 15 is 0 Å². The van der Waals surface area contributed by atoms with E-state index in [2.05, 4.69) is 46.2 Å². The summed E-state index contributed by atoms with van der Waals surface area (Å²) in [4.78, 5) is 0. The summed E-state index contributed by atoms with van der Waals surface area (Å²) in [6, 6.07) is 0. The zero-order valence-electron chi connectivity index (χ0n) is 17.7. The van der Waals surface area contributed by atoms with Gasteiger partial charge < -0.3 is 27.6 Å². The van der Waals surface area contributed by atoms with Gasteiger partial charge in [-0.15, -0.1) is 0 Å². The molecule has 2 aliphatic heterocycles. The summed E-state index contributed by atoms with van der Waals surface area (Å²) >= 11 is 0. The van der Waals surface area contributed by atoms with Crippen molar-refractivity contribution in [2.24, 2.45) is 0 Å². The lowest BCUT2D eigenvalue weighted by Gasteiger charge is -2.51. The second-order valence-electron chi connectivity index (χ2n) is 9.17. The minimum atomic E-state index is -1.83. The summed E-state index contributed by atoms with van der Waals surface area (Å²) in [6.07, 6.45) is 1.75. The number of fused-ring (bicyclic) bond motifs is 1. The van der Waals surface area contributed by atoms with Gasteiger partial charge in [0.05, 0.1) is 12.7 Å². The average molecular weight is 404 g/mol. The van der Waals surface area contributed by atoms with Gasteiger partial charge in [0, 0.05) is 7.11 Å². The van der Waals surface area contributed by atoms with Crippen molar-refractivity contribution in [2.75, 3.05) is 13.7 Å². The van der Waals surface area contributed by atoms with Crippen LogP contribution >= 0.6 is 0 Å². The largest absolute Gasteiger partial charge is 0.457 e. The van der Waals surface area contributed by atoms with Crippen LogP contribution in [0.15, 0.2) is 0 Å². The number of hydrogen-bond acceptors (Lipinski definition) is 6. The van der Waals surface area contributed by atoms with Gasteiger partial charge in [-0.05, 0) is 45.6 Å². The smallest absolute Gasteiger partial charge is 0.409 e. The van der Waals surface area contributed by atoms with Crippen LogP contribution in [-0.4, -0.2) is 68.2 Å². The molecule has 0 bridgehead atoms. The zero-order chi connectivity index (χ0) is 19.5. The van der Waals surface area contributed by atoms with Crippen LogP contribution in [0.2, 0.25) is 45.6 Å². The molecule has 9 heteroatoms. The quantitative estimate of drug-likeness (QED) is 0.577. The molecule has 0 aromatic heterocycles. The van der Waals surface area contributed by atoms with E-state index in [4.69, 9.17) is 27.6 Å². The highest BCUT2D eigenvalue weighted by atomic mass is 28.4. The van der Waals surface area contributed by atoms with Crippen molar-refractivity contribution in [3.05, 3.63) is 0 Å². The molecule has 2 fully saturated rings. The molecule has 2 saturated heterocycles. The maximum atomic E-state index is 6.59. The van der Waals surface area contributed by atoms with E-state index < -0.39 is 22.9 Å². The van der Waals surface area contributed by atoms with Gasteiger partial charge in [-0.3, -0.25) is 0 Å². The van der Waals surface area contributed by atoms with Gasteiger partial charge in [-0.2, -0.15) is 0 Å². The SMILES string of the molecule is CCCCB1OC[C@H]2O[C@@H](OC)[C@H](O[Si](C)(C)C)[C@@H](O[Si](C)(C)C)[C@@H]2O1. The molecule has 0 unspecified atom stereocenters. The van der Waals surface area contributed by atoms with E-state index in [-0.39, 0.29) is 31.5 Å². The molecule has 0 saturated carbocycles. The number of hydrogen-bond donors (Lipinski definition) is 0. The molecule has 0 amide bonds. The molecule has 0 N–H and O–H groups in total. The van der Waals surface area contributed by atoms with Gasteiger partial charge in [-0.1, -0.05) is 19.8 Å². The summed E-state index contributed by atoms with van der Waals surface area (Å²) in [5.74, 6) is 0. The normalized spacial score (nSPS) is 33.2. The Balaban J connectivity index is 2.24. The van der Waals surface area contributed by atoms with Crippen LogP contribution in [0.4, 0.5) is 0 Å². The Bertz CT molecular complexity index is 442. The lowest BCUT2D eigenvalue weighted by molar-refractivity contribution is -0.292. The van der Waals surface area contributed by atoms with E-state index in [0.717, 1.165) is 19.2 Å². The molecule has 26 heavy (non-hydrogen) atoms. The van der Waals surface area contributed by atoms with Crippen molar-refractivity contribution >= 4 is 23.8 Å². The summed E-state index contributed by atoms with van der Waals surface area (Å²) in [7, 11) is -2.19. The fraction of sp³-hybridized carbons (Fsp3) is 1.00. The van der Waals surface area contributed by atoms with Crippen LogP contribution in [0, 0.1) is 0 Å². The fourth-order valence-electron chi connectivity index (χ4n) is 3.38. The maximum Gasteiger partial charge on any atom is 0.457 e. The molecule has 0 radical (unpaired) electrons. The molecule has 2 heterocycles. The summed E-state index contributed by atoms with van der Waals surface area (Å²) in [6.45, 7) is 15.8. The number of unbranched alkanes of at least 4 members (excludes halogenated alkanes) is 1. The van der Waals surface area contributed by atoms with E-state index in [1.54, 1.807) is 7.11 Å². The van der Waals surface area contributed by atoms with Crippen LogP contribution in [0.5, 0.6) is 0 Å². The van der Waals surface area contributed by atoms with Crippen molar-refractivity contribution in [1.29, 1.82) is 0 Å². The Hall–Kier alpha value is 0.259. The Morgan fingerprint density at radius 3 is 2.15 bits per heavy atom. The van der Waals surface area contributed by atoms with Crippen molar-refractivity contribution in [1.82, 2.24) is 0 Å². The molecule has 2 rings (SSSR count). The van der Waals surface area contributed by atoms with Crippen molar-refractivity contribution in [3.63, 3.8) is 0 Å². The second kappa shape index (κ2) is 9.17. The van der Waals surface area contributed by atoms with Gasteiger partial charge in [0.25, 0.3) is 0 Å². The monoisotopic (exact) mass is 404 g/mol. The lowest BCUT2D eigenvalue weighted by Crippen LogP contribution is -2.67. The summed E-state index contributed by atoms with van der Waals surface area (Å²) < 4.78 is 37.0. The first-order valence-corrected chi connectivity index (χ1v) is 16.7. The Morgan fingerprint density at radius 1 is 1.00 bits per heavy atom. The molecule has 2 aliphatic rings. The fourth-order valence-corrected chi connectivity index (χ4v) is 5.53. The Kier molecular flexibility index (Phi) is 7.95. The molecule has 0 aromatic rings. The molecular weight excluding hydrogens is 367 g/mol. The van der Waals surface area contributed by atoms with Crippen molar-refractivity contribution < 1.29 is 27.6 Å². The lowest BCUT2D eigenvalue weighted by atomic mass is 9.79. The topological polar surface area (TPSA) is 55.4 Å². The standard InChI is InChI=1S/C17H37BO6Si2/c1-9-10-11-18-20-12-13-14(22-18)15(23-25(3,4)5)16(17(19-2)21-13)24-26(6,7)8/h13-17H,9-12H2,1-8H3/t13-,14-,15+,16-,17-/m1/s1. The molecular formula is C17H37BO6Si2. The van der Waals surface area contributed by atoms with Gasteiger partial charge in [0.2, 0.25) is 0 Å². The van der Waals surface area contributed by atoms with E-state index in [1.807, 2.05) is 0 Å². The third-order valence-electron chi connectivity index (χ3n) is 4.35. The highest BCUT2D eigenvalue weighted by Gasteiger charge is 2.53. The third kappa shape index (κ3) is 6.41. The van der Waals surface area contributed by atoms with Crippen LogP contribution in [0.3, 0.4) is 0 Å². The predicted octanol–water partition coefficient (Wildman–Crippen LogP) is 3.50. The Labute approximate surface area is 161 Å². The van der Waals surface area contributed by atoms with Crippen molar-refractivity contribution in [2.45, 2.75) is 96.1 Å². The second-order valence-corrected chi connectivity index (χ2v) is 18.1. The molecule has 0 spiro atoms. The summed E-state index contributed by atoms with van der Waals surface area (Å²) in [5.41, 5.74) is 0. The first-order valence-electron chi connectivity index (χ1n) is 9.85. The van der Waals surface area contributed by atoms with Crippen molar-refractivity contribution in [3.8, 4) is 0 Å². The van der Waals surface area contributed by atoms with E-state index in [1.165, 1.54) is 0 Å². The highest BCUT2D eigenvalue weighted by molar-refractivity contribution is 6.70. The molecule has 6 nitrogen and oxygen atoms in total. The minimum Gasteiger partial charge on any atom is -0.409 e. The predicted molar refractivity (Wildman–Crippen MR) is 108 cm³/mol. The average Bonchev–Trinajstić information content (AvgIpc) is 2.52. The first kappa shape index (κ1) is 22.5. The molecule has 0 aliphatic carbocycles. The van der Waals surface area contributed by atoms with Gasteiger partial charge in [0.1, 0.15) is 18.3 Å². The van der Waals surface area contributed by atoms with E-state index in [9.17, 15) is 0 Å². The molecule has 5 atom stereocenters. The van der Waals surface area contributed by atoms with Gasteiger partial charge >= 0.3 is 7.12 Å². The molecule has 152 valence electrons. The van der Waals surface area contributed by atoms with Gasteiger partial charge in [-0.25, -0.2) is 0 Å². The third-order valence-corrected chi connectivity index (χ3v) is 6.31. The number of rotatable bonds is 8. The van der Waals surface area contributed by atoms with Gasteiger partial charge in [0.15, 0.2) is 22.9 Å². The zero-order valence-corrected chi connectivity index (χ0v) is 19.7. The van der Waals surface area contributed by atoms with Crippen LogP contribution < -0.4 is 0 Å². The first-order chi connectivity index (χ1) is 12.0. The van der Waals surface area contributed by atoms with Crippen LogP contribution in [0.25, 0.3) is 0 Å². The number of methoxy groups -OCH3 is 1. The minimum absolute atomic E-state index is 0.190. The Morgan fingerprint density at radius 2 is 1.62 bits per heavy atom.